The van der Waals surface area contributed by atoms with Crippen LogP contribution in [0, 0.1) is 0 Å². The molecule has 10 heteroatoms. The van der Waals surface area contributed by atoms with Crippen molar-refractivity contribution in [3.63, 3.8) is 0 Å². The van der Waals surface area contributed by atoms with Crippen molar-refractivity contribution in [2.75, 3.05) is 6.54 Å². The van der Waals surface area contributed by atoms with Gasteiger partial charge in [0.1, 0.15) is 0 Å². The van der Waals surface area contributed by atoms with Gasteiger partial charge in [0.05, 0.1) is 22.2 Å². The fourth-order valence-electron chi connectivity index (χ4n) is 2.29. The highest BCUT2D eigenvalue weighted by Gasteiger charge is 2.31. The fraction of sp³-hybridized carbons (Fsp3) is 0.235. The number of alkyl halides is 3. The number of thiophene rings is 1. The molecule has 3 aromatic rings. The number of nitrogens with one attached hydrogen (secondary N) is 1. The van der Waals surface area contributed by atoms with Crippen molar-refractivity contribution in [3.05, 3.63) is 53.2 Å². The monoisotopic (exact) mass is 396 g/mol. The molecule has 0 aliphatic rings. The molecule has 0 saturated heterocycles. The summed E-state index contributed by atoms with van der Waals surface area (Å²) in [6, 6.07) is 8.13. The van der Waals surface area contributed by atoms with Crippen LogP contribution in [0.25, 0.3) is 16.4 Å². The van der Waals surface area contributed by atoms with Crippen LogP contribution in [0.2, 0.25) is 0 Å². The first-order valence-corrected chi connectivity index (χ1v) is 8.78. The van der Waals surface area contributed by atoms with Gasteiger partial charge in [-0.1, -0.05) is 12.1 Å². The molecular formula is C17H15F3N4O2S. The summed E-state index contributed by atoms with van der Waals surface area (Å²) in [7, 11) is 0. The van der Waals surface area contributed by atoms with E-state index in [0.717, 1.165) is 12.1 Å². The Morgan fingerprint density at radius 2 is 2.11 bits per heavy atom. The first-order valence-electron chi connectivity index (χ1n) is 7.90. The minimum atomic E-state index is -4.50. The van der Waals surface area contributed by atoms with E-state index in [4.69, 9.17) is 0 Å². The molecule has 0 saturated carbocycles. The van der Waals surface area contributed by atoms with Gasteiger partial charge in [0.25, 0.3) is 5.91 Å². The molecule has 2 aromatic heterocycles. The molecule has 2 N–H and O–H groups in total. The number of nitrogens with zero attached hydrogens (tertiary/aromatic N) is 3. The van der Waals surface area contributed by atoms with Crippen molar-refractivity contribution in [2.24, 2.45) is 0 Å². The summed E-state index contributed by atoms with van der Waals surface area (Å²) in [6.45, 7) is 1.51. The first kappa shape index (κ1) is 19.1. The standard InChI is InChI=1S/C17H15F3N4O2S/c1-10(25)9-21-16(26)14-22-15(13-6-3-7-27-13)24(23-14)12-5-2-4-11(8-12)17(18,19)20/h2-8,10,25H,9H2,1H3,(H,21,26). The maximum absolute atomic E-state index is 13.0. The zero-order valence-corrected chi connectivity index (χ0v) is 14.9. The molecule has 3 rings (SSSR count). The third-order valence-corrected chi connectivity index (χ3v) is 4.39. The minimum absolute atomic E-state index is 0.00523. The zero-order valence-electron chi connectivity index (χ0n) is 14.1. The van der Waals surface area contributed by atoms with Crippen LogP contribution in [0.3, 0.4) is 0 Å². The number of aromatic nitrogens is 3. The number of carbonyl (C=O) groups excluding carboxylic acids is 1. The second-order valence-electron chi connectivity index (χ2n) is 5.76. The lowest BCUT2D eigenvalue weighted by molar-refractivity contribution is -0.137. The molecule has 0 aliphatic carbocycles. The molecule has 2 heterocycles. The maximum Gasteiger partial charge on any atom is 0.416 e. The van der Waals surface area contributed by atoms with Crippen molar-refractivity contribution >= 4 is 17.2 Å². The van der Waals surface area contributed by atoms with Gasteiger partial charge in [0.2, 0.25) is 5.82 Å². The first-order chi connectivity index (χ1) is 12.8. The number of hydrogen-bond donors (Lipinski definition) is 2. The van der Waals surface area contributed by atoms with Crippen LogP contribution in [-0.4, -0.2) is 38.4 Å². The number of benzene rings is 1. The Hall–Kier alpha value is -2.72. The summed E-state index contributed by atoms with van der Waals surface area (Å²) >= 11 is 1.32. The van der Waals surface area contributed by atoms with Crippen LogP contribution in [0.1, 0.15) is 23.1 Å². The van der Waals surface area contributed by atoms with Crippen molar-refractivity contribution in [1.82, 2.24) is 20.1 Å². The number of carbonyl (C=O) groups is 1. The molecule has 0 spiro atoms. The van der Waals surface area contributed by atoms with Gasteiger partial charge in [0.15, 0.2) is 5.82 Å². The number of amides is 1. The third-order valence-electron chi connectivity index (χ3n) is 3.53. The van der Waals surface area contributed by atoms with Crippen LogP contribution in [0.4, 0.5) is 13.2 Å². The summed E-state index contributed by atoms with van der Waals surface area (Å²) in [4.78, 5) is 17.0. The molecule has 0 aliphatic heterocycles. The minimum Gasteiger partial charge on any atom is -0.392 e. The summed E-state index contributed by atoms with van der Waals surface area (Å²) in [5.74, 6) is -0.567. The van der Waals surface area contributed by atoms with E-state index in [1.54, 1.807) is 17.5 Å². The Labute approximate surface area is 156 Å². The van der Waals surface area contributed by atoms with Gasteiger partial charge >= 0.3 is 6.18 Å². The summed E-state index contributed by atoms with van der Waals surface area (Å²) < 4.78 is 40.3. The van der Waals surface area contributed by atoms with E-state index in [1.165, 1.54) is 35.1 Å². The second-order valence-corrected chi connectivity index (χ2v) is 6.70. The molecule has 1 unspecified atom stereocenters. The van der Waals surface area contributed by atoms with Gasteiger partial charge in [-0.3, -0.25) is 4.79 Å². The molecule has 27 heavy (non-hydrogen) atoms. The van der Waals surface area contributed by atoms with E-state index in [2.05, 4.69) is 15.4 Å². The number of rotatable bonds is 5. The van der Waals surface area contributed by atoms with Gasteiger partial charge in [-0.05, 0) is 36.6 Å². The van der Waals surface area contributed by atoms with E-state index in [-0.39, 0.29) is 23.9 Å². The van der Waals surface area contributed by atoms with Gasteiger partial charge < -0.3 is 10.4 Å². The molecule has 0 fully saturated rings. The Kier molecular flexibility index (Phi) is 5.29. The van der Waals surface area contributed by atoms with Gasteiger partial charge in [-0.15, -0.1) is 16.4 Å². The van der Waals surface area contributed by atoms with Crippen LogP contribution in [0.15, 0.2) is 41.8 Å². The Bertz CT molecular complexity index is 936. The van der Waals surface area contributed by atoms with Crippen LogP contribution in [0.5, 0.6) is 0 Å². The summed E-state index contributed by atoms with van der Waals surface area (Å²) in [6.07, 6.45) is -5.26. The number of hydrogen-bond acceptors (Lipinski definition) is 5. The fourth-order valence-corrected chi connectivity index (χ4v) is 2.99. The Balaban J connectivity index is 2.05. The van der Waals surface area contributed by atoms with Crippen molar-refractivity contribution in [3.8, 4) is 16.4 Å². The largest absolute Gasteiger partial charge is 0.416 e. The summed E-state index contributed by atoms with van der Waals surface area (Å²) in [5, 5.41) is 17.6. The van der Waals surface area contributed by atoms with E-state index < -0.39 is 23.8 Å². The second kappa shape index (κ2) is 7.49. The van der Waals surface area contributed by atoms with Gasteiger partial charge in [-0.2, -0.15) is 13.2 Å². The lowest BCUT2D eigenvalue weighted by Crippen LogP contribution is -2.31. The molecular weight excluding hydrogens is 381 g/mol. The average Bonchev–Trinajstić information content (AvgIpc) is 3.28. The summed E-state index contributed by atoms with van der Waals surface area (Å²) in [5.41, 5.74) is -0.692. The normalized spacial score (nSPS) is 12.8. The molecule has 0 bridgehead atoms. The lowest BCUT2D eigenvalue weighted by Gasteiger charge is -2.09. The smallest absolute Gasteiger partial charge is 0.392 e. The maximum atomic E-state index is 13.0. The Morgan fingerprint density at radius 1 is 1.33 bits per heavy atom. The van der Waals surface area contributed by atoms with E-state index in [1.807, 2.05) is 0 Å². The van der Waals surface area contributed by atoms with Crippen LogP contribution in [-0.2, 0) is 6.18 Å². The highest BCUT2D eigenvalue weighted by Crippen LogP contribution is 2.31. The lowest BCUT2D eigenvalue weighted by atomic mass is 10.2. The quantitative estimate of drug-likeness (QED) is 0.695. The predicted molar refractivity (Wildman–Crippen MR) is 93.7 cm³/mol. The van der Waals surface area contributed by atoms with Gasteiger partial charge in [0, 0.05) is 6.54 Å². The molecule has 6 nitrogen and oxygen atoms in total. The molecule has 0 radical (unpaired) electrons. The predicted octanol–water partition coefficient (Wildman–Crippen LogP) is 3.13. The number of halogens is 3. The number of aliphatic hydroxyl groups excluding tert-OH is 1. The van der Waals surface area contributed by atoms with E-state index in [0.29, 0.717) is 4.88 Å². The van der Waals surface area contributed by atoms with Crippen molar-refractivity contribution in [1.29, 1.82) is 0 Å². The molecule has 1 amide bonds. The zero-order chi connectivity index (χ0) is 19.6. The number of aliphatic hydroxyl groups is 1. The highest BCUT2D eigenvalue weighted by atomic mass is 32.1. The van der Waals surface area contributed by atoms with Crippen molar-refractivity contribution < 1.29 is 23.1 Å². The van der Waals surface area contributed by atoms with Crippen LogP contribution < -0.4 is 5.32 Å². The molecule has 1 atom stereocenters. The van der Waals surface area contributed by atoms with Crippen molar-refractivity contribution in [2.45, 2.75) is 19.2 Å². The SMILES string of the molecule is CC(O)CNC(=O)c1nc(-c2cccs2)n(-c2cccc(C(F)(F)F)c2)n1. The van der Waals surface area contributed by atoms with E-state index >= 15 is 0 Å². The van der Waals surface area contributed by atoms with Crippen LogP contribution >= 0.6 is 11.3 Å². The average molecular weight is 396 g/mol. The topological polar surface area (TPSA) is 80.0 Å². The third kappa shape index (κ3) is 4.34. The Morgan fingerprint density at radius 3 is 2.74 bits per heavy atom. The van der Waals surface area contributed by atoms with Gasteiger partial charge in [-0.25, -0.2) is 9.67 Å². The molecule has 142 valence electrons. The van der Waals surface area contributed by atoms with E-state index in [9.17, 15) is 23.1 Å². The molecule has 1 aromatic carbocycles. The highest BCUT2D eigenvalue weighted by molar-refractivity contribution is 7.13.